The second kappa shape index (κ2) is 6.02. The number of hydrogen-bond acceptors (Lipinski definition) is 4. The lowest BCUT2D eigenvalue weighted by Gasteiger charge is -2.33. The number of carbonyl (C=O) groups is 2. The highest BCUT2D eigenvalue weighted by molar-refractivity contribution is 5.95. The van der Waals surface area contributed by atoms with Crippen LogP contribution in [0, 0.1) is 12.8 Å². The quantitative estimate of drug-likeness (QED) is 0.842. The zero-order chi connectivity index (χ0) is 17.4. The Hall–Kier alpha value is -2.63. The zero-order valence-electron chi connectivity index (χ0n) is 14.2. The summed E-state index contributed by atoms with van der Waals surface area (Å²) >= 11 is 0. The Balaban J connectivity index is 1.48. The summed E-state index contributed by atoms with van der Waals surface area (Å²) in [5, 5.41) is 9.98. The Kier molecular flexibility index (Phi) is 3.82. The minimum atomic E-state index is -0.300. The van der Waals surface area contributed by atoms with E-state index in [9.17, 15) is 9.59 Å². The third-order valence-corrected chi connectivity index (χ3v) is 5.40. The minimum absolute atomic E-state index is 0.0303. The van der Waals surface area contributed by atoms with Gasteiger partial charge < -0.3 is 10.1 Å². The molecule has 6 heteroatoms. The van der Waals surface area contributed by atoms with Gasteiger partial charge in [-0.2, -0.15) is 5.10 Å². The van der Waals surface area contributed by atoms with E-state index < -0.39 is 0 Å². The molecule has 1 aliphatic heterocycles. The van der Waals surface area contributed by atoms with Gasteiger partial charge in [0.05, 0.1) is 5.92 Å². The van der Waals surface area contributed by atoms with Crippen molar-refractivity contribution in [3.63, 3.8) is 0 Å². The Morgan fingerprint density at radius 1 is 1.36 bits per heavy atom. The molecule has 130 valence electrons. The molecule has 1 aromatic heterocycles. The summed E-state index contributed by atoms with van der Waals surface area (Å²) in [6.07, 6.45) is 2.59. The van der Waals surface area contributed by atoms with Gasteiger partial charge in [-0.15, -0.1) is 0 Å². The van der Waals surface area contributed by atoms with E-state index in [4.69, 9.17) is 4.74 Å². The maximum atomic E-state index is 12.5. The summed E-state index contributed by atoms with van der Waals surface area (Å²) < 4.78 is 5.51. The van der Waals surface area contributed by atoms with Crippen LogP contribution in [-0.2, 0) is 26.3 Å². The summed E-state index contributed by atoms with van der Waals surface area (Å²) in [4.78, 5) is 24.6. The number of carbonyl (C=O) groups excluding carboxylic acids is 2. The number of nitrogens with zero attached hydrogens (tertiary/aromatic N) is 1. The molecule has 25 heavy (non-hydrogen) atoms. The molecule has 2 aliphatic rings. The Labute approximate surface area is 146 Å². The number of rotatable bonds is 3. The van der Waals surface area contributed by atoms with E-state index in [1.54, 1.807) is 0 Å². The Morgan fingerprint density at radius 2 is 2.16 bits per heavy atom. The van der Waals surface area contributed by atoms with Crippen LogP contribution in [-0.4, -0.2) is 22.1 Å². The number of aryl methyl sites for hydroxylation is 1. The van der Waals surface area contributed by atoms with Crippen LogP contribution in [0.15, 0.2) is 30.3 Å². The first-order valence-electron chi connectivity index (χ1n) is 8.63. The lowest BCUT2D eigenvalue weighted by Crippen LogP contribution is -2.36. The average molecular weight is 339 g/mol. The lowest BCUT2D eigenvalue weighted by molar-refractivity contribution is -0.150. The lowest BCUT2D eigenvalue weighted by atomic mass is 9.73. The molecule has 1 aromatic carbocycles. The fourth-order valence-corrected chi connectivity index (χ4v) is 4.30. The van der Waals surface area contributed by atoms with Crippen molar-refractivity contribution in [1.29, 1.82) is 0 Å². The largest absolute Gasteiger partial charge is 0.461 e. The van der Waals surface area contributed by atoms with Gasteiger partial charge in [0.15, 0.2) is 5.82 Å². The average Bonchev–Trinajstić information content (AvgIpc) is 3.18. The van der Waals surface area contributed by atoms with Crippen molar-refractivity contribution in [3.8, 4) is 0 Å². The Bertz CT molecular complexity index is 815. The number of nitrogens with one attached hydrogen (secondary N) is 2. The van der Waals surface area contributed by atoms with Crippen molar-refractivity contribution >= 4 is 17.7 Å². The molecule has 2 heterocycles. The molecule has 6 nitrogen and oxygen atoms in total. The van der Waals surface area contributed by atoms with Gasteiger partial charge in [-0.25, -0.2) is 0 Å². The number of ether oxygens (including phenoxy) is 1. The highest BCUT2D eigenvalue weighted by Gasteiger charge is 2.49. The predicted octanol–water partition coefficient (Wildman–Crippen LogP) is 2.84. The first-order valence-corrected chi connectivity index (χ1v) is 8.63. The molecule has 1 aliphatic carbocycles. The van der Waals surface area contributed by atoms with Gasteiger partial charge in [0.2, 0.25) is 5.91 Å². The first-order chi connectivity index (χ1) is 12.1. The van der Waals surface area contributed by atoms with Crippen LogP contribution in [0.1, 0.15) is 42.5 Å². The number of amides is 1. The van der Waals surface area contributed by atoms with E-state index in [2.05, 4.69) is 15.5 Å². The Morgan fingerprint density at radius 3 is 2.96 bits per heavy atom. The number of aromatic nitrogens is 2. The van der Waals surface area contributed by atoms with Gasteiger partial charge in [-0.1, -0.05) is 30.3 Å². The van der Waals surface area contributed by atoms with Gasteiger partial charge in [-0.3, -0.25) is 14.7 Å². The van der Waals surface area contributed by atoms with Gasteiger partial charge in [0.25, 0.3) is 0 Å². The van der Waals surface area contributed by atoms with Gasteiger partial charge >= 0.3 is 5.97 Å². The standard InChI is InChI=1S/C19H21N3O3/c1-12-16-17(22-21-12)20-15(23)10-19(16)8-7-14(9-19)18(24)25-11-13-5-3-2-4-6-13/h2-6,14H,7-11H2,1H3,(H2,20,21,22,23)/t14-,19?/m1/s1. The second-order valence-corrected chi connectivity index (χ2v) is 7.11. The van der Waals surface area contributed by atoms with Crippen molar-refractivity contribution < 1.29 is 14.3 Å². The molecule has 4 rings (SSSR count). The zero-order valence-corrected chi connectivity index (χ0v) is 14.2. The molecule has 0 radical (unpaired) electrons. The van der Waals surface area contributed by atoms with Crippen molar-refractivity contribution in [3.05, 3.63) is 47.2 Å². The highest BCUT2D eigenvalue weighted by Crippen LogP contribution is 2.51. The maximum Gasteiger partial charge on any atom is 0.309 e. The van der Waals surface area contributed by atoms with Gasteiger partial charge in [-0.05, 0) is 31.7 Å². The third kappa shape index (κ3) is 2.81. The van der Waals surface area contributed by atoms with E-state index in [1.165, 1.54) is 0 Å². The van der Waals surface area contributed by atoms with E-state index in [-0.39, 0.29) is 23.2 Å². The van der Waals surface area contributed by atoms with Crippen LogP contribution in [0.3, 0.4) is 0 Å². The second-order valence-electron chi connectivity index (χ2n) is 7.11. The van der Waals surface area contributed by atoms with Crippen molar-refractivity contribution in [2.24, 2.45) is 5.92 Å². The van der Waals surface area contributed by atoms with Crippen LogP contribution in [0.5, 0.6) is 0 Å². The number of benzene rings is 1. The molecule has 0 bridgehead atoms. The van der Waals surface area contributed by atoms with Crippen LogP contribution in [0.25, 0.3) is 0 Å². The van der Waals surface area contributed by atoms with E-state index in [0.717, 1.165) is 29.7 Å². The van der Waals surface area contributed by atoms with Crippen LogP contribution in [0.2, 0.25) is 0 Å². The molecule has 0 saturated heterocycles. The number of hydrogen-bond donors (Lipinski definition) is 2. The number of esters is 1. The van der Waals surface area contributed by atoms with Crippen LogP contribution in [0.4, 0.5) is 5.82 Å². The number of aromatic amines is 1. The number of fused-ring (bicyclic) bond motifs is 2. The first kappa shape index (κ1) is 15.9. The maximum absolute atomic E-state index is 12.5. The van der Waals surface area contributed by atoms with Crippen molar-refractivity contribution in [2.75, 3.05) is 5.32 Å². The summed E-state index contributed by atoms with van der Waals surface area (Å²) in [6.45, 7) is 2.26. The number of anilines is 1. The molecular weight excluding hydrogens is 318 g/mol. The van der Waals surface area contributed by atoms with Crippen LogP contribution < -0.4 is 5.32 Å². The monoisotopic (exact) mass is 339 g/mol. The molecule has 1 amide bonds. The van der Waals surface area contributed by atoms with Gasteiger partial charge in [0.1, 0.15) is 6.61 Å². The minimum Gasteiger partial charge on any atom is -0.461 e. The van der Waals surface area contributed by atoms with Crippen molar-refractivity contribution in [1.82, 2.24) is 10.2 Å². The smallest absolute Gasteiger partial charge is 0.309 e. The van der Waals surface area contributed by atoms with Gasteiger partial charge in [0, 0.05) is 23.1 Å². The molecule has 1 unspecified atom stereocenters. The molecule has 1 saturated carbocycles. The SMILES string of the molecule is Cc1[nH]nc2c1C1(CC[C@@H](C(=O)OCc3ccccc3)C1)CC(=O)N2. The molecule has 1 spiro atoms. The highest BCUT2D eigenvalue weighted by atomic mass is 16.5. The third-order valence-electron chi connectivity index (χ3n) is 5.40. The molecule has 2 aromatic rings. The van der Waals surface area contributed by atoms with Crippen molar-refractivity contribution in [2.45, 2.75) is 44.6 Å². The fourth-order valence-electron chi connectivity index (χ4n) is 4.30. The summed E-state index contributed by atoms with van der Waals surface area (Å²) in [5.41, 5.74) is 2.71. The molecule has 2 atom stereocenters. The fraction of sp³-hybridized carbons (Fsp3) is 0.421. The molecule has 2 N–H and O–H groups in total. The van der Waals surface area contributed by atoms with E-state index in [0.29, 0.717) is 25.3 Å². The van der Waals surface area contributed by atoms with E-state index >= 15 is 0 Å². The predicted molar refractivity (Wildman–Crippen MR) is 91.8 cm³/mol. The number of H-pyrrole nitrogens is 1. The molecule has 1 fully saturated rings. The summed E-state index contributed by atoms with van der Waals surface area (Å²) in [6, 6.07) is 9.67. The molecular formula is C19H21N3O3. The summed E-state index contributed by atoms with van der Waals surface area (Å²) in [5.74, 6) is 0.246. The van der Waals surface area contributed by atoms with Crippen LogP contribution >= 0.6 is 0 Å². The normalized spacial score (nSPS) is 24.8. The van der Waals surface area contributed by atoms with E-state index in [1.807, 2.05) is 37.3 Å². The topological polar surface area (TPSA) is 84.1 Å². The summed E-state index contributed by atoms with van der Waals surface area (Å²) in [7, 11) is 0.